The molecule has 0 atom stereocenters. The van der Waals surface area contributed by atoms with Crippen molar-refractivity contribution < 1.29 is 0 Å². The first-order valence-corrected chi connectivity index (χ1v) is 7.59. The van der Waals surface area contributed by atoms with Gasteiger partial charge in [-0.25, -0.2) is 0 Å². The van der Waals surface area contributed by atoms with Crippen LogP contribution in [0.5, 0.6) is 0 Å². The molecule has 1 aliphatic heterocycles. The Balaban J connectivity index is 2.18. The maximum atomic E-state index is 3.93. The largest absolute Gasteiger partial charge is 0.308 e. The molecule has 0 amide bonds. The molecule has 1 spiro atoms. The molecule has 1 saturated heterocycles. The summed E-state index contributed by atoms with van der Waals surface area (Å²) in [5.74, 6) is 0. The lowest BCUT2D eigenvalue weighted by Gasteiger charge is -2.55. The minimum atomic E-state index is 0.405. The average Bonchev–Trinajstić information content (AvgIpc) is 2.78. The van der Waals surface area contributed by atoms with Crippen molar-refractivity contribution in [2.45, 2.75) is 83.3 Å². The van der Waals surface area contributed by atoms with Gasteiger partial charge in [0.25, 0.3) is 0 Å². The van der Waals surface area contributed by atoms with E-state index in [9.17, 15) is 0 Å². The van der Waals surface area contributed by atoms with E-state index < -0.39 is 0 Å². The van der Waals surface area contributed by atoms with Crippen LogP contribution in [0.25, 0.3) is 0 Å². The fraction of sp³-hybridized carbons (Fsp3) is 1.00. The first kappa shape index (κ1) is 13.4. The maximum Gasteiger partial charge on any atom is 0.0332 e. The van der Waals surface area contributed by atoms with Crippen LogP contribution < -0.4 is 5.32 Å². The van der Waals surface area contributed by atoms with Crippen LogP contribution in [0.1, 0.15) is 66.2 Å². The van der Waals surface area contributed by atoms with Crippen molar-refractivity contribution in [1.82, 2.24) is 10.2 Å². The Hall–Kier alpha value is -0.0800. The lowest BCUT2D eigenvalue weighted by atomic mass is 9.81. The van der Waals surface area contributed by atoms with Crippen LogP contribution in [0, 0.1) is 0 Å². The molecule has 0 aromatic carbocycles. The fourth-order valence-electron chi connectivity index (χ4n) is 4.03. The van der Waals surface area contributed by atoms with Gasteiger partial charge in [-0.3, -0.25) is 4.90 Å². The highest BCUT2D eigenvalue weighted by atomic mass is 15.3. The van der Waals surface area contributed by atoms with Gasteiger partial charge in [0.2, 0.25) is 0 Å². The molecule has 0 unspecified atom stereocenters. The lowest BCUT2D eigenvalue weighted by molar-refractivity contribution is -0.0220. The number of nitrogens with one attached hydrogen (secondary N) is 1. The SMILES string of the molecule is CCC1(CC)CNC2(CCCC2)CN1C(C)C. The molecule has 0 aromatic heterocycles. The summed E-state index contributed by atoms with van der Waals surface area (Å²) in [5.41, 5.74) is 0.861. The number of rotatable bonds is 3. The van der Waals surface area contributed by atoms with Crippen molar-refractivity contribution >= 4 is 0 Å². The quantitative estimate of drug-likeness (QED) is 0.812. The molecule has 1 saturated carbocycles. The van der Waals surface area contributed by atoms with Crippen molar-refractivity contribution in [1.29, 1.82) is 0 Å². The standard InChI is InChI=1S/C15H30N2/c1-5-15(6-2)11-16-14(9-7-8-10-14)12-17(15)13(3)4/h13,16H,5-12H2,1-4H3. The molecule has 2 nitrogen and oxygen atoms in total. The summed E-state index contributed by atoms with van der Waals surface area (Å²) in [6, 6.07) is 0.675. The Kier molecular flexibility index (Phi) is 3.84. The first-order valence-electron chi connectivity index (χ1n) is 7.59. The minimum absolute atomic E-state index is 0.405. The number of hydrogen-bond donors (Lipinski definition) is 1. The monoisotopic (exact) mass is 238 g/mol. The maximum absolute atomic E-state index is 3.93. The van der Waals surface area contributed by atoms with Crippen molar-refractivity contribution in [3.63, 3.8) is 0 Å². The Morgan fingerprint density at radius 1 is 1.12 bits per heavy atom. The van der Waals surface area contributed by atoms with Crippen molar-refractivity contribution in [3.05, 3.63) is 0 Å². The van der Waals surface area contributed by atoms with Gasteiger partial charge in [0, 0.05) is 30.2 Å². The van der Waals surface area contributed by atoms with Gasteiger partial charge in [0.05, 0.1) is 0 Å². The molecule has 1 N–H and O–H groups in total. The second-order valence-electron chi connectivity index (χ2n) is 6.49. The third-order valence-corrected chi connectivity index (χ3v) is 5.37. The van der Waals surface area contributed by atoms with Gasteiger partial charge in [-0.1, -0.05) is 26.7 Å². The van der Waals surface area contributed by atoms with Gasteiger partial charge < -0.3 is 5.32 Å². The molecule has 1 heterocycles. The van der Waals surface area contributed by atoms with Crippen LogP contribution in [0.4, 0.5) is 0 Å². The molecule has 1 aliphatic carbocycles. The Labute approximate surface area is 107 Å². The van der Waals surface area contributed by atoms with E-state index in [-0.39, 0.29) is 0 Å². The van der Waals surface area contributed by atoms with E-state index in [2.05, 4.69) is 37.9 Å². The normalized spacial score (nSPS) is 28.1. The number of hydrogen-bond acceptors (Lipinski definition) is 2. The molecule has 17 heavy (non-hydrogen) atoms. The second kappa shape index (κ2) is 4.89. The predicted molar refractivity (Wildman–Crippen MR) is 74.4 cm³/mol. The van der Waals surface area contributed by atoms with Crippen LogP contribution in [0.3, 0.4) is 0 Å². The van der Waals surface area contributed by atoms with Gasteiger partial charge in [0.1, 0.15) is 0 Å². The number of nitrogens with zero attached hydrogens (tertiary/aromatic N) is 1. The zero-order chi connectivity index (χ0) is 12.5. The molecular formula is C15H30N2. The van der Waals surface area contributed by atoms with Gasteiger partial charge in [-0.05, 0) is 39.5 Å². The molecule has 0 radical (unpaired) electrons. The van der Waals surface area contributed by atoms with E-state index in [4.69, 9.17) is 0 Å². The zero-order valence-electron chi connectivity index (χ0n) is 12.2. The van der Waals surface area contributed by atoms with E-state index in [0.29, 0.717) is 17.1 Å². The van der Waals surface area contributed by atoms with Gasteiger partial charge in [-0.2, -0.15) is 0 Å². The molecule has 2 heteroatoms. The van der Waals surface area contributed by atoms with Gasteiger partial charge in [0.15, 0.2) is 0 Å². The third kappa shape index (κ3) is 2.26. The van der Waals surface area contributed by atoms with E-state index in [1.54, 1.807) is 0 Å². The molecule has 2 fully saturated rings. The third-order valence-electron chi connectivity index (χ3n) is 5.37. The summed E-state index contributed by atoms with van der Waals surface area (Å²) in [5, 5.41) is 3.93. The predicted octanol–water partition coefficient (Wildman–Crippen LogP) is 3.17. The summed E-state index contributed by atoms with van der Waals surface area (Å²) in [6.07, 6.45) is 8.16. The van der Waals surface area contributed by atoms with E-state index >= 15 is 0 Å². The summed E-state index contributed by atoms with van der Waals surface area (Å²) < 4.78 is 0. The summed E-state index contributed by atoms with van der Waals surface area (Å²) in [4.78, 5) is 2.80. The van der Waals surface area contributed by atoms with E-state index in [1.165, 1.54) is 51.6 Å². The smallest absolute Gasteiger partial charge is 0.0332 e. The van der Waals surface area contributed by atoms with E-state index in [0.717, 1.165) is 0 Å². The van der Waals surface area contributed by atoms with Crippen LogP contribution in [0.2, 0.25) is 0 Å². The minimum Gasteiger partial charge on any atom is -0.308 e. The molecule has 2 rings (SSSR count). The van der Waals surface area contributed by atoms with Gasteiger partial charge in [-0.15, -0.1) is 0 Å². The molecule has 2 aliphatic rings. The average molecular weight is 238 g/mol. The Morgan fingerprint density at radius 3 is 2.18 bits per heavy atom. The number of piperazine rings is 1. The summed E-state index contributed by atoms with van der Waals surface area (Å²) in [6.45, 7) is 11.9. The Morgan fingerprint density at radius 2 is 1.71 bits per heavy atom. The molecule has 0 aromatic rings. The molecule has 100 valence electrons. The van der Waals surface area contributed by atoms with Crippen molar-refractivity contribution in [3.8, 4) is 0 Å². The molecular weight excluding hydrogens is 208 g/mol. The second-order valence-corrected chi connectivity index (χ2v) is 6.49. The van der Waals surface area contributed by atoms with Crippen LogP contribution in [0.15, 0.2) is 0 Å². The lowest BCUT2D eigenvalue weighted by Crippen LogP contribution is -2.70. The highest BCUT2D eigenvalue weighted by Gasteiger charge is 2.47. The van der Waals surface area contributed by atoms with Crippen LogP contribution in [-0.2, 0) is 0 Å². The van der Waals surface area contributed by atoms with Crippen LogP contribution in [-0.4, -0.2) is 35.1 Å². The highest BCUT2D eigenvalue weighted by molar-refractivity contribution is 5.07. The highest BCUT2D eigenvalue weighted by Crippen LogP contribution is 2.39. The molecule has 0 bridgehead atoms. The zero-order valence-corrected chi connectivity index (χ0v) is 12.2. The van der Waals surface area contributed by atoms with Crippen molar-refractivity contribution in [2.75, 3.05) is 13.1 Å². The van der Waals surface area contributed by atoms with E-state index in [1.807, 2.05) is 0 Å². The first-order chi connectivity index (χ1) is 8.07. The summed E-state index contributed by atoms with van der Waals surface area (Å²) in [7, 11) is 0. The fourth-order valence-corrected chi connectivity index (χ4v) is 4.03. The summed E-state index contributed by atoms with van der Waals surface area (Å²) >= 11 is 0. The topological polar surface area (TPSA) is 15.3 Å². The van der Waals surface area contributed by atoms with Crippen LogP contribution >= 0.6 is 0 Å². The van der Waals surface area contributed by atoms with Gasteiger partial charge >= 0.3 is 0 Å². The van der Waals surface area contributed by atoms with Crippen molar-refractivity contribution in [2.24, 2.45) is 0 Å². The Bertz CT molecular complexity index is 250.